The van der Waals surface area contributed by atoms with Gasteiger partial charge in [-0.3, -0.25) is 4.68 Å². The molecule has 0 amide bonds. The zero-order chi connectivity index (χ0) is 17.1. The van der Waals surface area contributed by atoms with Gasteiger partial charge in [-0.15, -0.1) is 0 Å². The number of halogens is 1. The minimum atomic E-state index is -0.353. The molecule has 0 spiro atoms. The van der Waals surface area contributed by atoms with Gasteiger partial charge in [0.2, 0.25) is 5.82 Å². The number of ether oxygens (including phenoxy) is 1. The van der Waals surface area contributed by atoms with Gasteiger partial charge < -0.3 is 14.6 Å². The van der Waals surface area contributed by atoms with Crippen molar-refractivity contribution < 1.29 is 13.7 Å². The maximum Gasteiger partial charge on any atom is 0.278 e. The summed E-state index contributed by atoms with van der Waals surface area (Å²) in [5, 5.41) is 11.8. The fraction of sp³-hybridized carbons (Fsp3) is 0.353. The second-order valence-corrected chi connectivity index (χ2v) is 5.94. The van der Waals surface area contributed by atoms with E-state index in [2.05, 4.69) is 20.6 Å². The van der Waals surface area contributed by atoms with E-state index in [1.165, 1.54) is 12.1 Å². The van der Waals surface area contributed by atoms with Crippen LogP contribution < -0.4 is 10.1 Å². The lowest BCUT2D eigenvalue weighted by molar-refractivity contribution is 0.285. The Hall–Kier alpha value is -2.74. The molecule has 1 N–H and O–H groups in total. The van der Waals surface area contributed by atoms with Crippen molar-refractivity contribution in [3.63, 3.8) is 0 Å². The van der Waals surface area contributed by atoms with E-state index in [-0.39, 0.29) is 12.4 Å². The first-order valence-electron chi connectivity index (χ1n) is 8.25. The fourth-order valence-electron chi connectivity index (χ4n) is 2.84. The molecule has 1 unspecified atom stereocenters. The number of hydrogen-bond donors (Lipinski definition) is 1. The highest BCUT2D eigenvalue weighted by atomic mass is 19.1. The van der Waals surface area contributed by atoms with Crippen molar-refractivity contribution in [1.29, 1.82) is 0 Å². The van der Waals surface area contributed by atoms with Crippen LogP contribution in [-0.4, -0.2) is 33.0 Å². The van der Waals surface area contributed by atoms with Crippen molar-refractivity contribution in [3.05, 3.63) is 48.2 Å². The van der Waals surface area contributed by atoms with E-state index in [9.17, 15) is 4.39 Å². The standard InChI is InChI=1S/C17H18FN5O2/c18-12-3-1-5-14(9-12)24-11-16-20-17(25-22-16)15-6-8-23(21-15)13-4-2-7-19-10-13/h1,3,5-6,8-9,13,19H,2,4,7,10-11H2. The molecule has 1 saturated heterocycles. The maximum atomic E-state index is 13.1. The van der Waals surface area contributed by atoms with Gasteiger partial charge in [-0.05, 0) is 37.6 Å². The molecular weight excluding hydrogens is 325 g/mol. The van der Waals surface area contributed by atoms with Crippen molar-refractivity contribution in [2.45, 2.75) is 25.5 Å². The Bertz CT molecular complexity index is 841. The highest BCUT2D eigenvalue weighted by Crippen LogP contribution is 2.20. The topological polar surface area (TPSA) is 78.0 Å². The van der Waals surface area contributed by atoms with Crippen molar-refractivity contribution in [1.82, 2.24) is 25.2 Å². The molecule has 1 aliphatic heterocycles. The molecule has 1 aliphatic rings. The van der Waals surface area contributed by atoms with Crippen LogP contribution in [0.25, 0.3) is 11.6 Å². The van der Waals surface area contributed by atoms with Gasteiger partial charge in [0, 0.05) is 18.8 Å². The van der Waals surface area contributed by atoms with Gasteiger partial charge >= 0.3 is 0 Å². The lowest BCUT2D eigenvalue weighted by atomic mass is 10.1. The van der Waals surface area contributed by atoms with Crippen LogP contribution in [0.15, 0.2) is 41.1 Å². The van der Waals surface area contributed by atoms with Gasteiger partial charge in [-0.25, -0.2) is 4.39 Å². The van der Waals surface area contributed by atoms with Crippen LogP contribution in [0, 0.1) is 5.82 Å². The highest BCUT2D eigenvalue weighted by molar-refractivity contribution is 5.44. The van der Waals surface area contributed by atoms with Gasteiger partial charge in [0.1, 0.15) is 11.6 Å². The SMILES string of the molecule is Fc1cccc(OCc2noc(-c3ccn(C4CCCNC4)n3)n2)c1. The molecule has 1 atom stereocenters. The van der Waals surface area contributed by atoms with Crippen LogP contribution in [-0.2, 0) is 6.61 Å². The smallest absolute Gasteiger partial charge is 0.278 e. The van der Waals surface area contributed by atoms with Crippen LogP contribution in [0.3, 0.4) is 0 Å². The Morgan fingerprint density at radius 3 is 3.16 bits per heavy atom. The van der Waals surface area contributed by atoms with Gasteiger partial charge in [0.05, 0.1) is 6.04 Å². The van der Waals surface area contributed by atoms with Crippen molar-refractivity contribution in [2.24, 2.45) is 0 Å². The summed E-state index contributed by atoms with van der Waals surface area (Å²) in [6.45, 7) is 2.07. The Morgan fingerprint density at radius 1 is 1.36 bits per heavy atom. The van der Waals surface area contributed by atoms with Crippen LogP contribution in [0.1, 0.15) is 24.7 Å². The number of hydrogen-bond acceptors (Lipinski definition) is 6. The quantitative estimate of drug-likeness (QED) is 0.767. The molecule has 0 bridgehead atoms. The molecule has 0 radical (unpaired) electrons. The van der Waals surface area contributed by atoms with Gasteiger partial charge in [-0.1, -0.05) is 11.2 Å². The molecule has 0 saturated carbocycles. The second-order valence-electron chi connectivity index (χ2n) is 5.94. The monoisotopic (exact) mass is 343 g/mol. The second kappa shape index (κ2) is 7.02. The van der Waals surface area contributed by atoms with E-state index in [0.717, 1.165) is 25.9 Å². The fourth-order valence-corrected chi connectivity index (χ4v) is 2.84. The largest absolute Gasteiger partial charge is 0.485 e. The summed E-state index contributed by atoms with van der Waals surface area (Å²) in [6.07, 6.45) is 4.17. The summed E-state index contributed by atoms with van der Waals surface area (Å²) >= 11 is 0. The zero-order valence-electron chi connectivity index (χ0n) is 13.6. The molecule has 3 heterocycles. The first-order chi connectivity index (χ1) is 12.3. The third-order valence-electron chi connectivity index (χ3n) is 4.10. The van der Waals surface area contributed by atoms with E-state index in [4.69, 9.17) is 9.26 Å². The number of nitrogens with one attached hydrogen (secondary N) is 1. The predicted octanol–water partition coefficient (Wildman–Crippen LogP) is 2.58. The van der Waals surface area contributed by atoms with Gasteiger partial charge in [0.15, 0.2) is 12.3 Å². The molecule has 4 rings (SSSR count). The molecule has 25 heavy (non-hydrogen) atoms. The average Bonchev–Trinajstić information content (AvgIpc) is 3.30. The summed E-state index contributed by atoms with van der Waals surface area (Å²) in [6, 6.07) is 8.13. The number of rotatable bonds is 5. The van der Waals surface area contributed by atoms with Gasteiger partial charge in [-0.2, -0.15) is 10.1 Å². The molecule has 1 fully saturated rings. The van der Waals surface area contributed by atoms with E-state index < -0.39 is 0 Å². The molecule has 8 heteroatoms. The Kier molecular flexibility index (Phi) is 4.43. The first-order valence-corrected chi connectivity index (χ1v) is 8.25. The Morgan fingerprint density at radius 2 is 2.32 bits per heavy atom. The molecule has 0 aliphatic carbocycles. The third-order valence-corrected chi connectivity index (χ3v) is 4.10. The third kappa shape index (κ3) is 3.69. The molecule has 7 nitrogen and oxygen atoms in total. The molecule has 1 aromatic carbocycles. The van der Waals surface area contributed by atoms with Crippen molar-refractivity contribution in [2.75, 3.05) is 13.1 Å². The van der Waals surface area contributed by atoms with Crippen molar-refractivity contribution >= 4 is 0 Å². The van der Waals surface area contributed by atoms with Crippen LogP contribution in [0.5, 0.6) is 5.75 Å². The molecule has 2 aromatic heterocycles. The molecule has 3 aromatic rings. The summed E-state index contributed by atoms with van der Waals surface area (Å²) < 4.78 is 25.8. The van der Waals surface area contributed by atoms with Gasteiger partial charge in [0.25, 0.3) is 5.89 Å². The Balaban J connectivity index is 1.41. The molecule has 130 valence electrons. The summed E-state index contributed by atoms with van der Waals surface area (Å²) in [4.78, 5) is 4.29. The summed E-state index contributed by atoms with van der Waals surface area (Å²) in [5.41, 5.74) is 0.634. The number of aromatic nitrogens is 4. The van der Waals surface area contributed by atoms with E-state index in [1.807, 2.05) is 16.9 Å². The number of piperidine rings is 1. The van der Waals surface area contributed by atoms with Crippen molar-refractivity contribution in [3.8, 4) is 17.3 Å². The van der Waals surface area contributed by atoms with E-state index in [1.54, 1.807) is 12.1 Å². The minimum Gasteiger partial charge on any atom is -0.485 e. The lowest BCUT2D eigenvalue weighted by Gasteiger charge is -2.22. The lowest BCUT2D eigenvalue weighted by Crippen LogP contribution is -2.31. The summed E-state index contributed by atoms with van der Waals surface area (Å²) in [7, 11) is 0. The maximum absolute atomic E-state index is 13.1. The van der Waals surface area contributed by atoms with E-state index in [0.29, 0.717) is 29.2 Å². The molecular formula is C17H18FN5O2. The normalized spacial score (nSPS) is 17.6. The minimum absolute atomic E-state index is 0.0974. The van der Waals surface area contributed by atoms with Crippen LogP contribution in [0.2, 0.25) is 0 Å². The average molecular weight is 343 g/mol. The highest BCUT2D eigenvalue weighted by Gasteiger charge is 2.18. The zero-order valence-corrected chi connectivity index (χ0v) is 13.6. The number of nitrogens with zero attached hydrogens (tertiary/aromatic N) is 4. The van der Waals surface area contributed by atoms with Crippen LogP contribution in [0.4, 0.5) is 4.39 Å². The Labute approximate surface area is 143 Å². The first kappa shape index (κ1) is 15.8. The summed E-state index contributed by atoms with van der Waals surface area (Å²) in [5.74, 6) is 0.794. The van der Waals surface area contributed by atoms with E-state index >= 15 is 0 Å². The van der Waals surface area contributed by atoms with Crippen LogP contribution >= 0.6 is 0 Å². The number of benzene rings is 1. The predicted molar refractivity (Wildman–Crippen MR) is 87.4 cm³/mol.